The highest BCUT2D eigenvalue weighted by molar-refractivity contribution is 4.94. The maximum atomic E-state index is 3.53. The van der Waals surface area contributed by atoms with E-state index in [1.807, 2.05) is 0 Å². The summed E-state index contributed by atoms with van der Waals surface area (Å²) < 4.78 is 0. The molecular weight excluding hydrogens is 198 g/mol. The van der Waals surface area contributed by atoms with Crippen molar-refractivity contribution in [2.75, 3.05) is 46.3 Å². The van der Waals surface area contributed by atoms with E-state index < -0.39 is 0 Å². The molecular formula is C13H25N3. The van der Waals surface area contributed by atoms with Crippen molar-refractivity contribution in [1.29, 1.82) is 0 Å². The van der Waals surface area contributed by atoms with Crippen LogP contribution in [0.2, 0.25) is 0 Å². The summed E-state index contributed by atoms with van der Waals surface area (Å²) in [6, 6.07) is 0.885. The average molecular weight is 223 g/mol. The van der Waals surface area contributed by atoms with Crippen molar-refractivity contribution >= 4 is 0 Å². The van der Waals surface area contributed by atoms with Crippen LogP contribution in [0.15, 0.2) is 0 Å². The Kier molecular flexibility index (Phi) is 3.18. The minimum atomic E-state index is 0.885. The second kappa shape index (κ2) is 4.63. The van der Waals surface area contributed by atoms with Gasteiger partial charge in [-0.3, -0.25) is 4.90 Å². The molecule has 3 heteroatoms. The zero-order valence-corrected chi connectivity index (χ0v) is 10.5. The summed E-state index contributed by atoms with van der Waals surface area (Å²) in [7, 11) is 2.27. The highest BCUT2D eigenvalue weighted by Gasteiger charge is 2.38. The van der Waals surface area contributed by atoms with Crippen LogP contribution < -0.4 is 5.32 Å². The molecule has 3 nitrogen and oxygen atoms in total. The molecule has 3 saturated heterocycles. The molecule has 1 N–H and O–H groups in total. The molecule has 3 atom stereocenters. The average Bonchev–Trinajstić information content (AvgIpc) is 2.77. The Morgan fingerprint density at radius 1 is 1.00 bits per heavy atom. The fraction of sp³-hybridized carbons (Fsp3) is 1.00. The lowest BCUT2D eigenvalue weighted by molar-refractivity contribution is 0.205. The van der Waals surface area contributed by atoms with Gasteiger partial charge in [0.25, 0.3) is 0 Å². The first-order valence-corrected chi connectivity index (χ1v) is 6.96. The van der Waals surface area contributed by atoms with Crippen LogP contribution in [0.1, 0.15) is 19.3 Å². The van der Waals surface area contributed by atoms with E-state index in [9.17, 15) is 0 Å². The normalized spacial score (nSPS) is 42.2. The number of likely N-dealkylation sites (tertiary alicyclic amines) is 2. The minimum Gasteiger partial charge on any atom is -0.316 e. The summed E-state index contributed by atoms with van der Waals surface area (Å²) in [5.74, 6) is 1.92. The smallest absolute Gasteiger partial charge is 0.0108 e. The zero-order chi connectivity index (χ0) is 11.0. The largest absolute Gasteiger partial charge is 0.316 e. The van der Waals surface area contributed by atoms with Crippen molar-refractivity contribution < 1.29 is 0 Å². The van der Waals surface area contributed by atoms with Crippen molar-refractivity contribution in [2.45, 2.75) is 25.3 Å². The maximum Gasteiger partial charge on any atom is 0.0108 e. The van der Waals surface area contributed by atoms with Crippen LogP contribution >= 0.6 is 0 Å². The summed E-state index contributed by atoms with van der Waals surface area (Å²) in [5, 5.41) is 3.53. The highest BCUT2D eigenvalue weighted by Crippen LogP contribution is 2.30. The Morgan fingerprint density at radius 2 is 1.75 bits per heavy atom. The van der Waals surface area contributed by atoms with Gasteiger partial charge in [0, 0.05) is 19.1 Å². The lowest BCUT2D eigenvalue weighted by atomic mass is 10.0. The SMILES string of the molecule is CN1CCCC(N2C[C@H]3CNC[C@H]3C2)CC1. The predicted octanol–water partition coefficient (Wildman–Crippen LogP) is 0.622. The van der Waals surface area contributed by atoms with Gasteiger partial charge in [-0.2, -0.15) is 0 Å². The van der Waals surface area contributed by atoms with E-state index in [1.165, 1.54) is 58.5 Å². The van der Waals surface area contributed by atoms with Gasteiger partial charge in [0.2, 0.25) is 0 Å². The maximum absolute atomic E-state index is 3.53. The Labute approximate surface area is 99.2 Å². The van der Waals surface area contributed by atoms with Crippen molar-refractivity contribution in [3.63, 3.8) is 0 Å². The van der Waals surface area contributed by atoms with Crippen molar-refractivity contribution in [3.05, 3.63) is 0 Å². The number of nitrogens with zero attached hydrogens (tertiary/aromatic N) is 2. The number of fused-ring (bicyclic) bond motifs is 1. The number of nitrogens with one attached hydrogen (secondary N) is 1. The molecule has 92 valence electrons. The second-order valence-electron chi connectivity index (χ2n) is 6.02. The summed E-state index contributed by atoms with van der Waals surface area (Å²) in [4.78, 5) is 5.30. The lowest BCUT2D eigenvalue weighted by Gasteiger charge is -2.27. The Bertz CT molecular complexity index is 231. The first-order chi connectivity index (χ1) is 7.83. The lowest BCUT2D eigenvalue weighted by Crippen LogP contribution is -2.36. The summed E-state index contributed by atoms with van der Waals surface area (Å²) >= 11 is 0. The van der Waals surface area contributed by atoms with Crippen LogP contribution in [0.25, 0.3) is 0 Å². The van der Waals surface area contributed by atoms with Crippen LogP contribution in [0, 0.1) is 11.8 Å². The molecule has 0 bridgehead atoms. The Morgan fingerprint density at radius 3 is 2.50 bits per heavy atom. The molecule has 0 radical (unpaired) electrons. The van der Waals surface area contributed by atoms with Gasteiger partial charge in [0.05, 0.1) is 0 Å². The molecule has 3 heterocycles. The summed E-state index contributed by atoms with van der Waals surface area (Å²) in [6.07, 6.45) is 4.21. The fourth-order valence-corrected chi connectivity index (χ4v) is 3.78. The fourth-order valence-electron chi connectivity index (χ4n) is 3.78. The zero-order valence-electron chi connectivity index (χ0n) is 10.5. The first-order valence-electron chi connectivity index (χ1n) is 6.96. The van der Waals surface area contributed by atoms with Gasteiger partial charge >= 0.3 is 0 Å². The number of hydrogen-bond acceptors (Lipinski definition) is 3. The third-order valence-electron chi connectivity index (χ3n) is 4.86. The van der Waals surface area contributed by atoms with E-state index >= 15 is 0 Å². The standard InChI is InChI=1S/C13H25N3/c1-15-5-2-3-13(4-6-15)16-9-11-7-14-8-12(11)10-16/h11-14H,2-10H2,1H3/t11-,12+,13?. The van der Waals surface area contributed by atoms with Crippen LogP contribution in [0.5, 0.6) is 0 Å². The van der Waals surface area contributed by atoms with Crippen molar-refractivity contribution in [2.24, 2.45) is 11.8 Å². The third kappa shape index (κ3) is 2.13. The molecule has 0 aromatic rings. The van der Waals surface area contributed by atoms with Crippen LogP contribution in [-0.2, 0) is 0 Å². The van der Waals surface area contributed by atoms with Crippen molar-refractivity contribution in [3.8, 4) is 0 Å². The second-order valence-corrected chi connectivity index (χ2v) is 6.02. The monoisotopic (exact) mass is 223 g/mol. The van der Waals surface area contributed by atoms with E-state index in [-0.39, 0.29) is 0 Å². The molecule has 0 aromatic heterocycles. The number of hydrogen-bond donors (Lipinski definition) is 1. The van der Waals surface area contributed by atoms with Gasteiger partial charge < -0.3 is 10.2 Å². The molecule has 1 unspecified atom stereocenters. The molecule has 0 amide bonds. The third-order valence-corrected chi connectivity index (χ3v) is 4.86. The molecule has 0 aliphatic carbocycles. The Hall–Kier alpha value is -0.120. The molecule has 3 aliphatic rings. The van der Waals surface area contributed by atoms with Gasteiger partial charge in [-0.1, -0.05) is 0 Å². The quantitative estimate of drug-likeness (QED) is 0.703. The molecule has 0 aromatic carbocycles. The molecule has 0 spiro atoms. The topological polar surface area (TPSA) is 18.5 Å². The minimum absolute atomic E-state index is 0.885. The summed E-state index contributed by atoms with van der Waals surface area (Å²) in [5.41, 5.74) is 0. The van der Waals surface area contributed by atoms with E-state index in [2.05, 4.69) is 22.2 Å². The first kappa shape index (κ1) is 11.0. The molecule has 16 heavy (non-hydrogen) atoms. The van der Waals surface area contributed by atoms with E-state index in [0.29, 0.717) is 0 Å². The van der Waals surface area contributed by atoms with Crippen molar-refractivity contribution in [1.82, 2.24) is 15.1 Å². The van der Waals surface area contributed by atoms with Crippen LogP contribution in [-0.4, -0.2) is 62.2 Å². The summed E-state index contributed by atoms with van der Waals surface area (Å²) in [6.45, 7) is 7.88. The molecule has 0 saturated carbocycles. The van der Waals surface area contributed by atoms with E-state index in [4.69, 9.17) is 0 Å². The van der Waals surface area contributed by atoms with Gasteiger partial charge in [-0.25, -0.2) is 0 Å². The van der Waals surface area contributed by atoms with Gasteiger partial charge in [0.15, 0.2) is 0 Å². The molecule has 3 aliphatic heterocycles. The highest BCUT2D eigenvalue weighted by atomic mass is 15.2. The van der Waals surface area contributed by atoms with E-state index in [0.717, 1.165) is 17.9 Å². The van der Waals surface area contributed by atoms with Crippen LogP contribution in [0.4, 0.5) is 0 Å². The number of rotatable bonds is 1. The predicted molar refractivity (Wildman–Crippen MR) is 66.6 cm³/mol. The van der Waals surface area contributed by atoms with Crippen LogP contribution in [0.3, 0.4) is 0 Å². The van der Waals surface area contributed by atoms with Gasteiger partial charge in [0.1, 0.15) is 0 Å². The Balaban J connectivity index is 1.57. The van der Waals surface area contributed by atoms with E-state index in [1.54, 1.807) is 0 Å². The van der Waals surface area contributed by atoms with Gasteiger partial charge in [-0.05, 0) is 64.3 Å². The molecule has 3 fully saturated rings. The molecule has 3 rings (SSSR count). The van der Waals surface area contributed by atoms with Gasteiger partial charge in [-0.15, -0.1) is 0 Å².